The summed E-state index contributed by atoms with van der Waals surface area (Å²) in [6.45, 7) is 0.839. The fourth-order valence-corrected chi connectivity index (χ4v) is 3.85. The van der Waals surface area contributed by atoms with E-state index >= 15 is 0 Å². The molecule has 5 heteroatoms. The number of rotatable bonds is 6. The van der Waals surface area contributed by atoms with Gasteiger partial charge in [0.15, 0.2) is 0 Å². The molecule has 0 bridgehead atoms. The molecule has 1 aliphatic heterocycles. The molecule has 2 aromatic carbocycles. The molecule has 4 nitrogen and oxygen atoms in total. The number of ether oxygens (including phenoxy) is 1. The van der Waals surface area contributed by atoms with E-state index in [1.165, 1.54) is 0 Å². The van der Waals surface area contributed by atoms with E-state index in [-0.39, 0.29) is 12.3 Å². The summed E-state index contributed by atoms with van der Waals surface area (Å²) < 4.78 is 29.5. The van der Waals surface area contributed by atoms with Crippen LogP contribution in [0.1, 0.15) is 5.56 Å². The highest BCUT2D eigenvalue weighted by atomic mass is 31.2. The van der Waals surface area contributed by atoms with Crippen molar-refractivity contribution in [3.8, 4) is 5.75 Å². The Balaban J connectivity index is 1.53. The van der Waals surface area contributed by atoms with Crippen molar-refractivity contribution in [2.75, 3.05) is 12.8 Å². The second-order valence-electron chi connectivity index (χ2n) is 5.27. The molecule has 0 aromatic heterocycles. The van der Waals surface area contributed by atoms with E-state index in [9.17, 15) is 4.57 Å². The van der Waals surface area contributed by atoms with E-state index in [2.05, 4.69) is 0 Å². The van der Waals surface area contributed by atoms with Gasteiger partial charge < -0.3 is 9.26 Å². The predicted molar refractivity (Wildman–Crippen MR) is 89.7 cm³/mol. The molecule has 3 rings (SSSR count). The molecular weight excluding hydrogens is 311 g/mol. The van der Waals surface area contributed by atoms with Crippen molar-refractivity contribution >= 4 is 7.60 Å². The minimum Gasteiger partial charge on any atom is -0.424 e. The van der Waals surface area contributed by atoms with Gasteiger partial charge in [0.25, 0.3) is 0 Å². The second-order valence-corrected chi connectivity index (χ2v) is 7.25. The van der Waals surface area contributed by atoms with Gasteiger partial charge in [0.05, 0.1) is 19.4 Å². The largest absolute Gasteiger partial charge is 0.424 e. The summed E-state index contributed by atoms with van der Waals surface area (Å²) in [6.07, 6.45) is 3.62. The Morgan fingerprint density at radius 1 is 1.04 bits per heavy atom. The van der Waals surface area contributed by atoms with Crippen LogP contribution in [0, 0.1) is 0 Å². The lowest BCUT2D eigenvalue weighted by molar-refractivity contribution is 0.0555. The third-order valence-electron chi connectivity index (χ3n) is 3.36. The first-order valence-corrected chi connectivity index (χ1v) is 9.27. The average Bonchev–Trinajstić information content (AvgIpc) is 2.56. The Labute approximate surface area is 136 Å². The molecule has 0 fully saturated rings. The zero-order chi connectivity index (χ0) is 16.0. The number of hydrogen-bond acceptors (Lipinski definition) is 4. The Morgan fingerprint density at radius 2 is 1.74 bits per heavy atom. The van der Waals surface area contributed by atoms with Gasteiger partial charge in [0.1, 0.15) is 11.9 Å². The first kappa shape index (κ1) is 16.0. The zero-order valence-electron chi connectivity index (χ0n) is 12.7. The van der Waals surface area contributed by atoms with Crippen LogP contribution in [0.25, 0.3) is 0 Å². The summed E-state index contributed by atoms with van der Waals surface area (Å²) in [7, 11) is -3.17. The lowest BCUT2D eigenvalue weighted by Gasteiger charge is -2.25. The zero-order valence-corrected chi connectivity index (χ0v) is 13.6. The number of para-hydroxylation sites is 1. The summed E-state index contributed by atoms with van der Waals surface area (Å²) in [5.74, 6) is 0.551. The molecule has 2 aromatic rings. The van der Waals surface area contributed by atoms with Crippen LogP contribution >= 0.6 is 7.60 Å². The summed E-state index contributed by atoms with van der Waals surface area (Å²) >= 11 is 0. The maximum atomic E-state index is 12.7. The van der Waals surface area contributed by atoms with Crippen LogP contribution in [0.3, 0.4) is 0 Å². The van der Waals surface area contributed by atoms with Gasteiger partial charge in [-0.05, 0) is 17.7 Å². The van der Waals surface area contributed by atoms with Crippen molar-refractivity contribution in [1.29, 1.82) is 0 Å². The highest BCUT2D eigenvalue weighted by molar-refractivity contribution is 7.54. The van der Waals surface area contributed by atoms with E-state index < -0.39 is 7.60 Å². The van der Waals surface area contributed by atoms with Crippen molar-refractivity contribution in [3.05, 3.63) is 78.4 Å². The van der Waals surface area contributed by atoms with Gasteiger partial charge in [-0.1, -0.05) is 60.7 Å². The molecule has 23 heavy (non-hydrogen) atoms. The third-order valence-corrected chi connectivity index (χ3v) is 5.10. The van der Waals surface area contributed by atoms with Gasteiger partial charge in [-0.25, -0.2) is 4.57 Å². The van der Waals surface area contributed by atoms with Crippen LogP contribution in [0.4, 0.5) is 0 Å². The van der Waals surface area contributed by atoms with Gasteiger partial charge in [-0.2, -0.15) is 0 Å². The number of allylic oxidation sites excluding steroid dienone is 1. The summed E-state index contributed by atoms with van der Waals surface area (Å²) in [6, 6.07) is 19.0. The standard InChI is InChI=1S/C18H19O4P/c19-23(21-17-10-5-2-6-11-17)13-7-12-18(22-23)15-20-14-16-8-3-1-4-9-16/h1-12,18H,13-15H2/t18-,23+/m0/s1. The van der Waals surface area contributed by atoms with Crippen LogP contribution in [0.5, 0.6) is 5.75 Å². The second kappa shape index (κ2) is 7.60. The highest BCUT2D eigenvalue weighted by Gasteiger charge is 2.31. The molecule has 1 aliphatic rings. The van der Waals surface area contributed by atoms with E-state index in [0.29, 0.717) is 19.0 Å². The van der Waals surface area contributed by atoms with E-state index in [1.807, 2.05) is 60.7 Å². The third kappa shape index (κ3) is 4.80. The monoisotopic (exact) mass is 330 g/mol. The first-order chi connectivity index (χ1) is 11.2. The minimum atomic E-state index is -3.17. The van der Waals surface area contributed by atoms with Crippen LogP contribution in [-0.4, -0.2) is 18.9 Å². The fraction of sp³-hybridized carbons (Fsp3) is 0.222. The van der Waals surface area contributed by atoms with E-state index in [0.717, 1.165) is 5.56 Å². The summed E-state index contributed by atoms with van der Waals surface area (Å²) in [5, 5.41) is 0. The molecule has 0 saturated heterocycles. The first-order valence-electron chi connectivity index (χ1n) is 7.54. The smallest absolute Gasteiger partial charge is 0.383 e. The maximum Gasteiger partial charge on any atom is 0.383 e. The summed E-state index contributed by atoms with van der Waals surface area (Å²) in [5.41, 5.74) is 1.09. The molecule has 0 spiro atoms. The Kier molecular flexibility index (Phi) is 5.29. The topological polar surface area (TPSA) is 44.8 Å². The van der Waals surface area contributed by atoms with Gasteiger partial charge in [0, 0.05) is 0 Å². The average molecular weight is 330 g/mol. The lowest BCUT2D eigenvalue weighted by Crippen LogP contribution is -2.21. The SMILES string of the molecule is O=[P@@]1(Oc2ccccc2)CC=C[C@@H](COCc2ccccc2)O1. The normalized spacial score (nSPS) is 23.6. The predicted octanol–water partition coefficient (Wildman–Crippen LogP) is 4.43. The maximum absolute atomic E-state index is 12.7. The van der Waals surface area contributed by atoms with Gasteiger partial charge in [-0.15, -0.1) is 0 Å². The molecule has 0 unspecified atom stereocenters. The van der Waals surface area contributed by atoms with E-state index in [1.54, 1.807) is 12.1 Å². The van der Waals surface area contributed by atoms with Crippen LogP contribution in [-0.2, 0) is 20.4 Å². The number of hydrogen-bond donors (Lipinski definition) is 0. The molecule has 0 N–H and O–H groups in total. The van der Waals surface area contributed by atoms with Crippen molar-refractivity contribution in [1.82, 2.24) is 0 Å². The lowest BCUT2D eigenvalue weighted by atomic mass is 10.2. The van der Waals surface area contributed by atoms with Crippen LogP contribution in [0.15, 0.2) is 72.8 Å². The van der Waals surface area contributed by atoms with E-state index in [4.69, 9.17) is 13.8 Å². The van der Waals surface area contributed by atoms with Gasteiger partial charge in [0.2, 0.25) is 0 Å². The van der Waals surface area contributed by atoms with Crippen LogP contribution in [0.2, 0.25) is 0 Å². The van der Waals surface area contributed by atoms with Crippen molar-refractivity contribution in [3.63, 3.8) is 0 Å². The molecule has 0 aliphatic carbocycles. The Hall–Kier alpha value is -1.87. The van der Waals surface area contributed by atoms with Crippen molar-refractivity contribution in [2.45, 2.75) is 12.7 Å². The van der Waals surface area contributed by atoms with Crippen molar-refractivity contribution < 1.29 is 18.3 Å². The molecule has 0 radical (unpaired) electrons. The van der Waals surface area contributed by atoms with Gasteiger partial charge >= 0.3 is 7.60 Å². The molecule has 0 saturated carbocycles. The Bertz CT molecular complexity index is 685. The summed E-state index contributed by atoms with van der Waals surface area (Å²) in [4.78, 5) is 0. The minimum absolute atomic E-state index is 0.275. The molecule has 2 atom stereocenters. The van der Waals surface area contributed by atoms with Crippen LogP contribution < -0.4 is 4.52 Å². The van der Waals surface area contributed by atoms with Crippen molar-refractivity contribution in [2.24, 2.45) is 0 Å². The molecule has 0 amide bonds. The molecular formula is C18H19O4P. The fourth-order valence-electron chi connectivity index (χ4n) is 2.28. The quantitative estimate of drug-likeness (QED) is 0.580. The molecule has 120 valence electrons. The number of benzene rings is 2. The highest BCUT2D eigenvalue weighted by Crippen LogP contribution is 2.51. The Morgan fingerprint density at radius 3 is 2.48 bits per heavy atom. The molecule has 1 heterocycles. The van der Waals surface area contributed by atoms with Gasteiger partial charge in [-0.3, -0.25) is 4.52 Å².